The van der Waals surface area contributed by atoms with Gasteiger partial charge in [0, 0.05) is 24.8 Å². The summed E-state index contributed by atoms with van der Waals surface area (Å²) in [7, 11) is 0. The predicted octanol–water partition coefficient (Wildman–Crippen LogP) is 3.02. The molecule has 0 unspecified atom stereocenters. The van der Waals surface area contributed by atoms with Gasteiger partial charge in [-0.25, -0.2) is 4.39 Å². The van der Waals surface area contributed by atoms with E-state index in [1.54, 1.807) is 34.0 Å². The number of amides is 1. The van der Waals surface area contributed by atoms with Gasteiger partial charge in [-0.1, -0.05) is 18.2 Å². The van der Waals surface area contributed by atoms with Crippen LogP contribution in [0.25, 0.3) is 0 Å². The van der Waals surface area contributed by atoms with Crippen LogP contribution in [-0.2, 0) is 6.54 Å². The summed E-state index contributed by atoms with van der Waals surface area (Å²) in [6.45, 7) is 3.25. The molecule has 1 aliphatic rings. The molecule has 2 aromatic rings. The molecule has 0 bridgehead atoms. The smallest absolute Gasteiger partial charge is 0.272 e. The van der Waals surface area contributed by atoms with Gasteiger partial charge in [-0.2, -0.15) is 5.10 Å². The van der Waals surface area contributed by atoms with Crippen molar-refractivity contribution in [3.8, 4) is 0 Å². The van der Waals surface area contributed by atoms with Crippen LogP contribution in [-0.4, -0.2) is 27.1 Å². The molecule has 0 radical (unpaired) electrons. The molecule has 1 aromatic carbocycles. The second kappa shape index (κ2) is 5.68. The van der Waals surface area contributed by atoms with Crippen molar-refractivity contribution < 1.29 is 9.18 Å². The molecule has 1 aliphatic heterocycles. The van der Waals surface area contributed by atoms with E-state index < -0.39 is 0 Å². The lowest BCUT2D eigenvalue weighted by atomic mass is 10.0. The van der Waals surface area contributed by atoms with E-state index in [2.05, 4.69) is 5.10 Å². The van der Waals surface area contributed by atoms with Gasteiger partial charge in [-0.3, -0.25) is 9.48 Å². The Kier molecular flexibility index (Phi) is 3.73. The molecule has 1 atom stereocenters. The Labute approximate surface area is 123 Å². The van der Waals surface area contributed by atoms with Crippen molar-refractivity contribution in [2.45, 2.75) is 32.4 Å². The average molecular weight is 287 g/mol. The minimum absolute atomic E-state index is 0.0693. The first kappa shape index (κ1) is 13.8. The zero-order valence-corrected chi connectivity index (χ0v) is 12.0. The quantitative estimate of drug-likeness (QED) is 0.870. The summed E-state index contributed by atoms with van der Waals surface area (Å²) >= 11 is 0. The van der Waals surface area contributed by atoms with Crippen molar-refractivity contribution in [1.29, 1.82) is 0 Å². The largest absolute Gasteiger partial charge is 0.330 e. The highest BCUT2D eigenvalue weighted by atomic mass is 19.1. The standard InChI is InChI=1S/C16H18FN3O/c1-2-20-15(9-10-18-20)16(21)19-11-5-8-14(19)12-6-3-4-7-13(12)17/h3-4,6-7,9-10,14H,2,5,8,11H2,1H3/t14-/m0/s1. The van der Waals surface area contributed by atoms with E-state index in [0.29, 0.717) is 24.3 Å². The molecule has 21 heavy (non-hydrogen) atoms. The molecular weight excluding hydrogens is 269 g/mol. The number of carbonyl (C=O) groups excluding carboxylic acids is 1. The second-order valence-electron chi connectivity index (χ2n) is 5.21. The number of aromatic nitrogens is 2. The van der Waals surface area contributed by atoms with E-state index >= 15 is 0 Å². The lowest BCUT2D eigenvalue weighted by Gasteiger charge is -2.25. The molecule has 5 heteroatoms. The Bertz CT molecular complexity index is 652. The van der Waals surface area contributed by atoms with Gasteiger partial charge in [0.2, 0.25) is 0 Å². The first-order valence-electron chi connectivity index (χ1n) is 7.29. The number of nitrogens with zero attached hydrogens (tertiary/aromatic N) is 3. The van der Waals surface area contributed by atoms with Crippen molar-refractivity contribution in [3.05, 3.63) is 53.6 Å². The van der Waals surface area contributed by atoms with E-state index in [-0.39, 0.29) is 17.8 Å². The zero-order valence-electron chi connectivity index (χ0n) is 12.0. The highest BCUT2D eigenvalue weighted by Gasteiger charge is 2.33. The van der Waals surface area contributed by atoms with E-state index in [4.69, 9.17) is 0 Å². The van der Waals surface area contributed by atoms with Crippen LogP contribution in [0.3, 0.4) is 0 Å². The van der Waals surface area contributed by atoms with Gasteiger partial charge in [0.15, 0.2) is 0 Å². The van der Waals surface area contributed by atoms with Crippen molar-refractivity contribution in [2.24, 2.45) is 0 Å². The van der Waals surface area contributed by atoms with Crippen molar-refractivity contribution in [2.75, 3.05) is 6.54 Å². The zero-order chi connectivity index (χ0) is 14.8. The number of halogens is 1. The van der Waals surface area contributed by atoms with E-state index in [9.17, 15) is 9.18 Å². The summed E-state index contributed by atoms with van der Waals surface area (Å²) in [5.41, 5.74) is 1.17. The average Bonchev–Trinajstić information content (AvgIpc) is 3.16. The van der Waals surface area contributed by atoms with Gasteiger partial charge in [0.05, 0.1) is 6.04 Å². The lowest BCUT2D eigenvalue weighted by molar-refractivity contribution is 0.0721. The molecule has 0 aliphatic carbocycles. The van der Waals surface area contributed by atoms with E-state index in [1.807, 2.05) is 13.0 Å². The molecule has 4 nitrogen and oxygen atoms in total. The third-order valence-electron chi connectivity index (χ3n) is 4.01. The van der Waals surface area contributed by atoms with Gasteiger partial charge >= 0.3 is 0 Å². The number of benzene rings is 1. The number of hydrogen-bond acceptors (Lipinski definition) is 2. The molecule has 1 fully saturated rings. The molecule has 0 saturated carbocycles. The molecule has 1 saturated heterocycles. The van der Waals surface area contributed by atoms with Gasteiger partial charge in [-0.05, 0) is 31.9 Å². The van der Waals surface area contributed by atoms with Gasteiger partial charge < -0.3 is 4.90 Å². The van der Waals surface area contributed by atoms with Crippen LogP contribution in [0, 0.1) is 5.82 Å². The molecule has 0 spiro atoms. The van der Waals surface area contributed by atoms with E-state index in [0.717, 1.165) is 12.8 Å². The Morgan fingerprint density at radius 1 is 1.38 bits per heavy atom. The Hall–Kier alpha value is -2.17. The molecule has 1 aromatic heterocycles. The monoisotopic (exact) mass is 287 g/mol. The molecule has 1 amide bonds. The van der Waals surface area contributed by atoms with Gasteiger partial charge in [-0.15, -0.1) is 0 Å². The molecule has 3 rings (SSSR count). The maximum atomic E-state index is 14.0. The lowest BCUT2D eigenvalue weighted by Crippen LogP contribution is -2.32. The van der Waals surface area contributed by atoms with Crippen molar-refractivity contribution in [1.82, 2.24) is 14.7 Å². The van der Waals surface area contributed by atoms with Crippen LogP contribution in [0.1, 0.15) is 41.9 Å². The van der Waals surface area contributed by atoms with E-state index in [1.165, 1.54) is 6.07 Å². The summed E-state index contributed by atoms with van der Waals surface area (Å²) in [6, 6.07) is 8.25. The summed E-state index contributed by atoms with van der Waals surface area (Å²) in [4.78, 5) is 14.5. The maximum Gasteiger partial charge on any atom is 0.272 e. The van der Waals surface area contributed by atoms with Gasteiger partial charge in [0.25, 0.3) is 5.91 Å². The molecule has 2 heterocycles. The second-order valence-corrected chi connectivity index (χ2v) is 5.21. The fourth-order valence-electron chi connectivity index (χ4n) is 2.99. The minimum atomic E-state index is -0.244. The number of aryl methyl sites for hydroxylation is 1. The highest BCUT2D eigenvalue weighted by molar-refractivity contribution is 5.93. The Balaban J connectivity index is 1.91. The first-order valence-corrected chi connectivity index (χ1v) is 7.29. The number of hydrogen-bond donors (Lipinski definition) is 0. The minimum Gasteiger partial charge on any atom is -0.330 e. The number of likely N-dealkylation sites (tertiary alicyclic amines) is 1. The van der Waals surface area contributed by atoms with Crippen LogP contribution in [0.2, 0.25) is 0 Å². The van der Waals surface area contributed by atoms with Crippen molar-refractivity contribution in [3.63, 3.8) is 0 Å². The van der Waals surface area contributed by atoms with Gasteiger partial charge in [0.1, 0.15) is 11.5 Å². The third-order valence-corrected chi connectivity index (χ3v) is 4.01. The SMILES string of the molecule is CCn1nccc1C(=O)N1CCC[C@H]1c1ccccc1F. The summed E-state index contributed by atoms with van der Waals surface area (Å²) < 4.78 is 15.7. The fraction of sp³-hybridized carbons (Fsp3) is 0.375. The summed E-state index contributed by atoms with van der Waals surface area (Å²) in [5, 5.41) is 4.14. The molecular formula is C16H18FN3O. The summed E-state index contributed by atoms with van der Waals surface area (Å²) in [6.07, 6.45) is 3.32. The van der Waals surface area contributed by atoms with Crippen LogP contribution in [0.4, 0.5) is 4.39 Å². The Morgan fingerprint density at radius 2 is 2.19 bits per heavy atom. The maximum absolute atomic E-state index is 14.0. The van der Waals surface area contributed by atoms with Crippen LogP contribution in [0.15, 0.2) is 36.5 Å². The predicted molar refractivity (Wildman–Crippen MR) is 77.3 cm³/mol. The molecule has 110 valence electrons. The Morgan fingerprint density at radius 3 is 2.95 bits per heavy atom. The van der Waals surface area contributed by atoms with Crippen molar-refractivity contribution >= 4 is 5.91 Å². The van der Waals surface area contributed by atoms with Crippen LogP contribution < -0.4 is 0 Å². The number of rotatable bonds is 3. The first-order chi connectivity index (χ1) is 10.2. The molecule has 0 N–H and O–H groups in total. The summed E-state index contributed by atoms with van der Waals surface area (Å²) in [5.74, 6) is -0.314. The normalized spacial score (nSPS) is 18.2. The highest BCUT2D eigenvalue weighted by Crippen LogP contribution is 2.34. The van der Waals surface area contributed by atoms with Crippen LogP contribution >= 0.6 is 0 Å². The fourth-order valence-corrected chi connectivity index (χ4v) is 2.99. The number of carbonyl (C=O) groups is 1. The third kappa shape index (κ3) is 2.44. The van der Waals surface area contributed by atoms with Crippen LogP contribution in [0.5, 0.6) is 0 Å². The topological polar surface area (TPSA) is 38.1 Å².